The summed E-state index contributed by atoms with van der Waals surface area (Å²) in [7, 11) is 0. The zero-order chi connectivity index (χ0) is 20.4. The quantitative estimate of drug-likeness (QED) is 0.655. The fourth-order valence-electron chi connectivity index (χ4n) is 2.94. The highest BCUT2D eigenvalue weighted by Crippen LogP contribution is 2.39. The lowest BCUT2D eigenvalue weighted by molar-refractivity contribution is -0.119. The van der Waals surface area contributed by atoms with Gasteiger partial charge in [-0.1, -0.05) is 35.9 Å². The van der Waals surface area contributed by atoms with Crippen LogP contribution in [0.2, 0.25) is 0 Å². The fourth-order valence-corrected chi connectivity index (χ4v) is 3.21. The molecule has 0 N–H and O–H groups in total. The number of imide groups is 1. The van der Waals surface area contributed by atoms with E-state index in [0.29, 0.717) is 22.7 Å². The molecular weight excluding hydrogens is 378 g/mol. The first-order valence-electron chi connectivity index (χ1n) is 9.11. The second-order valence-corrected chi connectivity index (χ2v) is 7.34. The van der Waals surface area contributed by atoms with Crippen molar-refractivity contribution >= 4 is 34.7 Å². The van der Waals surface area contributed by atoms with Crippen LogP contribution in [0, 0.1) is 0 Å². The molecule has 1 aliphatic rings. The number of nitrogens with zero attached hydrogens (tertiary/aromatic N) is 1. The number of hydrogen-bond donors (Lipinski definition) is 0. The van der Waals surface area contributed by atoms with Crippen LogP contribution in [0.3, 0.4) is 0 Å². The van der Waals surface area contributed by atoms with E-state index >= 15 is 0 Å². The zero-order valence-electron chi connectivity index (χ0n) is 16.2. The second-order valence-electron chi connectivity index (χ2n) is 6.96. The van der Waals surface area contributed by atoms with Crippen molar-refractivity contribution in [2.45, 2.75) is 39.9 Å². The Hall–Kier alpha value is -2.79. The minimum Gasteiger partial charge on any atom is -0.491 e. The van der Waals surface area contributed by atoms with E-state index in [0.717, 1.165) is 4.90 Å². The Kier molecular flexibility index (Phi) is 5.75. The first kappa shape index (κ1) is 20.0. The molecule has 3 rings (SSSR count). The maximum Gasteiger partial charge on any atom is 0.277 e. The summed E-state index contributed by atoms with van der Waals surface area (Å²) in [6, 6.07) is 13.9. The molecule has 146 valence electrons. The summed E-state index contributed by atoms with van der Waals surface area (Å²) >= 11 is 6.28. The molecule has 0 saturated carbocycles. The number of halogens is 1. The summed E-state index contributed by atoms with van der Waals surface area (Å²) in [5.74, 6) is 0.0849. The number of carbonyl (C=O) groups is 2. The van der Waals surface area contributed by atoms with Gasteiger partial charge in [0.25, 0.3) is 11.8 Å². The smallest absolute Gasteiger partial charge is 0.277 e. The Labute approximate surface area is 169 Å². The highest BCUT2D eigenvalue weighted by molar-refractivity contribution is 6.60. The first-order valence-corrected chi connectivity index (χ1v) is 9.48. The summed E-state index contributed by atoms with van der Waals surface area (Å²) in [5, 5.41) is -0.109. The van der Waals surface area contributed by atoms with Gasteiger partial charge in [0, 0.05) is 0 Å². The Morgan fingerprint density at radius 1 is 0.821 bits per heavy atom. The standard InChI is InChI=1S/C22H22ClNO4/c1-13(2)27-16-11-9-15(10-12-16)19-20(23)22(26)24(21(19)25)17-7-5-6-8-18(17)28-14(3)4/h5-14H,1-4H3. The van der Waals surface area contributed by atoms with Crippen LogP contribution >= 0.6 is 11.6 Å². The molecule has 0 saturated heterocycles. The monoisotopic (exact) mass is 399 g/mol. The molecule has 0 fully saturated rings. The normalized spacial score (nSPS) is 14.5. The zero-order valence-corrected chi connectivity index (χ0v) is 17.0. The van der Waals surface area contributed by atoms with E-state index in [1.165, 1.54) is 0 Å². The van der Waals surface area contributed by atoms with Crippen LogP contribution < -0.4 is 14.4 Å². The van der Waals surface area contributed by atoms with Crippen LogP contribution in [-0.4, -0.2) is 24.0 Å². The predicted molar refractivity (Wildman–Crippen MR) is 110 cm³/mol. The van der Waals surface area contributed by atoms with Crippen molar-refractivity contribution in [3.8, 4) is 11.5 Å². The van der Waals surface area contributed by atoms with Crippen molar-refractivity contribution in [2.24, 2.45) is 0 Å². The van der Waals surface area contributed by atoms with Gasteiger partial charge >= 0.3 is 0 Å². The van der Waals surface area contributed by atoms with Gasteiger partial charge in [-0.2, -0.15) is 0 Å². The molecule has 0 radical (unpaired) electrons. The van der Waals surface area contributed by atoms with Gasteiger partial charge in [0.15, 0.2) is 0 Å². The molecule has 28 heavy (non-hydrogen) atoms. The number of ether oxygens (including phenoxy) is 2. The number of anilines is 1. The topological polar surface area (TPSA) is 55.8 Å². The number of rotatable bonds is 6. The van der Waals surface area contributed by atoms with Crippen LogP contribution in [0.1, 0.15) is 33.3 Å². The Balaban J connectivity index is 1.95. The number of benzene rings is 2. The summed E-state index contributed by atoms with van der Waals surface area (Å²) in [4.78, 5) is 27.0. The van der Waals surface area contributed by atoms with E-state index in [2.05, 4.69) is 0 Å². The van der Waals surface area contributed by atoms with E-state index in [4.69, 9.17) is 21.1 Å². The number of para-hydroxylation sites is 2. The largest absolute Gasteiger partial charge is 0.491 e. The van der Waals surface area contributed by atoms with Gasteiger partial charge in [0.2, 0.25) is 0 Å². The molecule has 0 aliphatic carbocycles. The maximum atomic E-state index is 13.1. The van der Waals surface area contributed by atoms with Crippen molar-refractivity contribution in [2.75, 3.05) is 4.90 Å². The Bertz CT molecular complexity index is 932. The third kappa shape index (κ3) is 3.90. The molecule has 0 spiro atoms. The Morgan fingerprint density at radius 3 is 2.04 bits per heavy atom. The van der Waals surface area contributed by atoms with E-state index in [-0.39, 0.29) is 22.8 Å². The third-order valence-electron chi connectivity index (χ3n) is 4.01. The van der Waals surface area contributed by atoms with Crippen molar-refractivity contribution in [3.63, 3.8) is 0 Å². The van der Waals surface area contributed by atoms with Crippen LogP contribution in [0.4, 0.5) is 5.69 Å². The highest BCUT2D eigenvalue weighted by atomic mass is 35.5. The highest BCUT2D eigenvalue weighted by Gasteiger charge is 2.40. The minimum atomic E-state index is -0.566. The van der Waals surface area contributed by atoms with Crippen LogP contribution in [0.5, 0.6) is 11.5 Å². The van der Waals surface area contributed by atoms with Crippen molar-refractivity contribution < 1.29 is 19.1 Å². The molecule has 0 bridgehead atoms. The molecule has 2 aromatic rings. The molecule has 2 amide bonds. The van der Waals surface area contributed by atoms with Crippen LogP contribution in [0.25, 0.3) is 5.57 Å². The van der Waals surface area contributed by atoms with Gasteiger partial charge in [0.05, 0.1) is 23.5 Å². The second kappa shape index (κ2) is 8.07. The van der Waals surface area contributed by atoms with Gasteiger partial charge < -0.3 is 9.47 Å². The number of amides is 2. The number of carbonyl (C=O) groups excluding carboxylic acids is 2. The molecule has 0 atom stereocenters. The molecule has 0 unspecified atom stereocenters. The molecule has 1 heterocycles. The van der Waals surface area contributed by atoms with Gasteiger partial charge in [-0.25, -0.2) is 4.90 Å². The SMILES string of the molecule is CC(C)Oc1ccc(C2=C(Cl)C(=O)N(c3ccccc3OC(C)C)C2=O)cc1. The van der Waals surface area contributed by atoms with Gasteiger partial charge in [-0.3, -0.25) is 9.59 Å². The molecule has 1 aliphatic heterocycles. The molecule has 2 aromatic carbocycles. The van der Waals surface area contributed by atoms with Crippen molar-refractivity contribution in [1.29, 1.82) is 0 Å². The van der Waals surface area contributed by atoms with E-state index < -0.39 is 11.8 Å². The summed E-state index contributed by atoms with van der Waals surface area (Å²) < 4.78 is 11.4. The average Bonchev–Trinajstić information content (AvgIpc) is 2.85. The van der Waals surface area contributed by atoms with Gasteiger partial charge in [-0.05, 0) is 57.5 Å². The van der Waals surface area contributed by atoms with Crippen LogP contribution in [-0.2, 0) is 9.59 Å². The van der Waals surface area contributed by atoms with Crippen LogP contribution in [0.15, 0.2) is 53.6 Å². The summed E-state index contributed by atoms with van der Waals surface area (Å²) in [5.41, 5.74) is 1.10. The third-order valence-corrected chi connectivity index (χ3v) is 4.36. The van der Waals surface area contributed by atoms with E-state index in [9.17, 15) is 9.59 Å². The average molecular weight is 400 g/mol. The lowest BCUT2D eigenvalue weighted by Gasteiger charge is -2.20. The summed E-state index contributed by atoms with van der Waals surface area (Å²) in [6.45, 7) is 7.62. The molecular formula is C22H22ClNO4. The molecule has 0 aromatic heterocycles. The van der Waals surface area contributed by atoms with Gasteiger partial charge in [-0.15, -0.1) is 0 Å². The first-order chi connectivity index (χ1) is 13.3. The lowest BCUT2D eigenvalue weighted by atomic mass is 10.1. The minimum absolute atomic E-state index is 0.0382. The fraction of sp³-hybridized carbons (Fsp3) is 0.273. The summed E-state index contributed by atoms with van der Waals surface area (Å²) in [6.07, 6.45) is -0.0679. The lowest BCUT2D eigenvalue weighted by Crippen LogP contribution is -2.31. The Morgan fingerprint density at radius 2 is 1.43 bits per heavy atom. The molecule has 5 nitrogen and oxygen atoms in total. The molecule has 6 heteroatoms. The van der Waals surface area contributed by atoms with Gasteiger partial charge in [0.1, 0.15) is 16.5 Å². The number of hydrogen-bond acceptors (Lipinski definition) is 4. The van der Waals surface area contributed by atoms with Crippen molar-refractivity contribution in [3.05, 3.63) is 59.1 Å². The predicted octanol–water partition coefficient (Wildman–Crippen LogP) is 4.78. The maximum absolute atomic E-state index is 13.1. The van der Waals surface area contributed by atoms with E-state index in [1.54, 1.807) is 48.5 Å². The van der Waals surface area contributed by atoms with Crippen molar-refractivity contribution in [1.82, 2.24) is 0 Å². The van der Waals surface area contributed by atoms with E-state index in [1.807, 2.05) is 27.7 Å².